The molecule has 2 aromatic heterocycles. The Hall–Kier alpha value is -1.49. The Bertz CT molecular complexity index is 436. The van der Waals surface area contributed by atoms with Crippen LogP contribution in [0.3, 0.4) is 0 Å². The quantitative estimate of drug-likeness (QED) is 0.809. The molecule has 1 N–H and O–H groups in total. The third-order valence-electron chi connectivity index (χ3n) is 2.48. The molecule has 1 atom stereocenters. The van der Waals surface area contributed by atoms with Crippen molar-refractivity contribution < 1.29 is 0 Å². The van der Waals surface area contributed by atoms with Crippen LogP contribution in [0.1, 0.15) is 26.1 Å². The van der Waals surface area contributed by atoms with Crippen LogP contribution in [0.2, 0.25) is 0 Å². The molecule has 0 spiro atoms. The van der Waals surface area contributed by atoms with E-state index in [9.17, 15) is 0 Å². The first-order chi connectivity index (χ1) is 7.31. The molecule has 0 bridgehead atoms. The molecule has 0 saturated carbocycles. The third kappa shape index (κ3) is 2.12. The summed E-state index contributed by atoms with van der Waals surface area (Å²) in [5.74, 6) is 1.55. The van der Waals surface area contributed by atoms with Crippen LogP contribution in [0.4, 0.5) is 0 Å². The highest BCUT2D eigenvalue weighted by Gasteiger charge is 2.05. The molecule has 0 saturated heterocycles. The molecule has 0 amide bonds. The van der Waals surface area contributed by atoms with Crippen molar-refractivity contribution in [3.63, 3.8) is 0 Å². The van der Waals surface area contributed by atoms with Gasteiger partial charge in [-0.05, 0) is 19.4 Å². The lowest BCUT2D eigenvalue weighted by Gasteiger charge is -2.09. The first-order valence-electron chi connectivity index (χ1n) is 5.19. The maximum absolute atomic E-state index is 4.11. The molecule has 0 radical (unpaired) electrons. The van der Waals surface area contributed by atoms with Gasteiger partial charge < -0.3 is 5.32 Å². The Kier molecular flexibility index (Phi) is 2.91. The van der Waals surface area contributed by atoms with Gasteiger partial charge in [-0.25, -0.2) is 4.98 Å². The van der Waals surface area contributed by atoms with Crippen molar-refractivity contribution in [1.82, 2.24) is 24.9 Å². The van der Waals surface area contributed by atoms with Crippen molar-refractivity contribution in [2.45, 2.75) is 32.9 Å². The zero-order valence-electron chi connectivity index (χ0n) is 9.01. The van der Waals surface area contributed by atoms with Gasteiger partial charge in [0, 0.05) is 18.4 Å². The van der Waals surface area contributed by atoms with Crippen LogP contribution in [0.5, 0.6) is 0 Å². The summed E-state index contributed by atoms with van der Waals surface area (Å²) >= 11 is 0. The second kappa shape index (κ2) is 4.35. The van der Waals surface area contributed by atoms with Crippen LogP contribution in [0.25, 0.3) is 5.78 Å². The van der Waals surface area contributed by atoms with Crippen LogP contribution in [0, 0.1) is 0 Å². The number of fused-ring (bicyclic) bond motifs is 1. The molecule has 2 aromatic rings. The molecule has 0 aliphatic carbocycles. The first-order valence-corrected chi connectivity index (χ1v) is 5.19. The van der Waals surface area contributed by atoms with E-state index in [1.807, 2.05) is 16.7 Å². The number of nitrogens with zero attached hydrogens (tertiary/aromatic N) is 4. The van der Waals surface area contributed by atoms with Gasteiger partial charge in [0.15, 0.2) is 5.82 Å². The Morgan fingerprint density at radius 3 is 3.13 bits per heavy atom. The molecular weight excluding hydrogens is 190 g/mol. The van der Waals surface area contributed by atoms with Crippen molar-refractivity contribution >= 4 is 5.78 Å². The van der Waals surface area contributed by atoms with Gasteiger partial charge in [-0.2, -0.15) is 0 Å². The monoisotopic (exact) mass is 205 g/mol. The molecule has 80 valence electrons. The summed E-state index contributed by atoms with van der Waals surface area (Å²) in [4.78, 5) is 4.11. The van der Waals surface area contributed by atoms with Crippen molar-refractivity contribution in [2.75, 3.05) is 0 Å². The molecule has 2 heterocycles. The summed E-state index contributed by atoms with van der Waals surface area (Å²) < 4.78 is 1.90. The van der Waals surface area contributed by atoms with E-state index in [1.54, 1.807) is 6.20 Å². The molecule has 0 aromatic carbocycles. The summed E-state index contributed by atoms with van der Waals surface area (Å²) in [7, 11) is 0. The fourth-order valence-corrected chi connectivity index (χ4v) is 1.32. The Morgan fingerprint density at radius 1 is 1.47 bits per heavy atom. The minimum Gasteiger partial charge on any atom is -0.307 e. The van der Waals surface area contributed by atoms with Gasteiger partial charge >= 0.3 is 0 Å². The van der Waals surface area contributed by atoms with Crippen LogP contribution in [0.15, 0.2) is 18.5 Å². The molecule has 5 heteroatoms. The highest BCUT2D eigenvalue weighted by Crippen LogP contribution is 2.00. The van der Waals surface area contributed by atoms with Crippen LogP contribution >= 0.6 is 0 Å². The van der Waals surface area contributed by atoms with E-state index in [2.05, 4.69) is 34.3 Å². The highest BCUT2D eigenvalue weighted by atomic mass is 15.3. The number of hydrogen-bond acceptors (Lipinski definition) is 4. The van der Waals surface area contributed by atoms with E-state index in [4.69, 9.17) is 0 Å². The molecule has 2 rings (SSSR count). The second-order valence-electron chi connectivity index (χ2n) is 3.60. The number of nitrogens with one attached hydrogen (secondary N) is 1. The smallest absolute Gasteiger partial charge is 0.254 e. The van der Waals surface area contributed by atoms with Crippen molar-refractivity contribution in [3.8, 4) is 0 Å². The Morgan fingerprint density at radius 2 is 2.33 bits per heavy atom. The lowest BCUT2D eigenvalue weighted by Crippen LogP contribution is -2.25. The van der Waals surface area contributed by atoms with Gasteiger partial charge in [-0.15, -0.1) is 10.2 Å². The molecule has 0 aliphatic rings. The van der Waals surface area contributed by atoms with E-state index in [0.29, 0.717) is 11.8 Å². The third-order valence-corrected chi connectivity index (χ3v) is 2.48. The van der Waals surface area contributed by atoms with Crippen LogP contribution in [-0.4, -0.2) is 25.6 Å². The predicted molar refractivity (Wildman–Crippen MR) is 57.4 cm³/mol. The molecule has 1 unspecified atom stereocenters. The molecule has 0 aliphatic heterocycles. The average molecular weight is 205 g/mol. The summed E-state index contributed by atoms with van der Waals surface area (Å²) in [6.45, 7) is 5.03. The van der Waals surface area contributed by atoms with E-state index in [0.717, 1.165) is 18.8 Å². The topological polar surface area (TPSA) is 55.1 Å². The Labute approximate surface area is 88.6 Å². The normalized spacial score (nSPS) is 13.2. The zero-order valence-corrected chi connectivity index (χ0v) is 9.01. The fraction of sp³-hybridized carbons (Fsp3) is 0.500. The summed E-state index contributed by atoms with van der Waals surface area (Å²) in [5.41, 5.74) is 0. The van der Waals surface area contributed by atoms with E-state index < -0.39 is 0 Å². The minimum atomic E-state index is 0.494. The van der Waals surface area contributed by atoms with E-state index in [-0.39, 0.29) is 0 Å². The number of hydrogen-bond donors (Lipinski definition) is 1. The van der Waals surface area contributed by atoms with Gasteiger partial charge in [0.1, 0.15) is 0 Å². The average Bonchev–Trinajstić information content (AvgIpc) is 2.69. The van der Waals surface area contributed by atoms with Crippen LogP contribution < -0.4 is 5.32 Å². The van der Waals surface area contributed by atoms with E-state index >= 15 is 0 Å². The van der Waals surface area contributed by atoms with Gasteiger partial charge in [-0.3, -0.25) is 4.40 Å². The summed E-state index contributed by atoms with van der Waals surface area (Å²) in [6, 6.07) is 2.37. The standard InChI is InChI=1S/C10H15N5/c1-3-8(2)12-7-9-13-14-10-11-5-4-6-15(9)10/h4-6,8,12H,3,7H2,1-2H3. The fourth-order valence-electron chi connectivity index (χ4n) is 1.32. The molecular formula is C10H15N5. The van der Waals surface area contributed by atoms with Gasteiger partial charge in [0.2, 0.25) is 0 Å². The first kappa shape index (κ1) is 10.0. The minimum absolute atomic E-state index is 0.494. The largest absolute Gasteiger partial charge is 0.307 e. The van der Waals surface area contributed by atoms with Crippen molar-refractivity contribution in [2.24, 2.45) is 0 Å². The van der Waals surface area contributed by atoms with Crippen LogP contribution in [-0.2, 0) is 6.54 Å². The van der Waals surface area contributed by atoms with E-state index in [1.165, 1.54) is 0 Å². The highest BCUT2D eigenvalue weighted by molar-refractivity contribution is 5.25. The lowest BCUT2D eigenvalue weighted by molar-refractivity contribution is 0.521. The van der Waals surface area contributed by atoms with Crippen molar-refractivity contribution in [3.05, 3.63) is 24.3 Å². The maximum atomic E-state index is 4.11. The maximum Gasteiger partial charge on any atom is 0.254 e. The number of rotatable bonds is 4. The summed E-state index contributed by atoms with van der Waals surface area (Å²) in [6.07, 6.45) is 4.75. The van der Waals surface area contributed by atoms with Gasteiger partial charge in [0.25, 0.3) is 5.78 Å². The lowest BCUT2D eigenvalue weighted by atomic mass is 10.2. The zero-order chi connectivity index (χ0) is 10.7. The molecule has 15 heavy (non-hydrogen) atoms. The predicted octanol–water partition coefficient (Wildman–Crippen LogP) is 1.01. The second-order valence-corrected chi connectivity index (χ2v) is 3.60. The molecule has 5 nitrogen and oxygen atoms in total. The molecule has 0 fully saturated rings. The van der Waals surface area contributed by atoms with Gasteiger partial charge in [-0.1, -0.05) is 6.92 Å². The Balaban J connectivity index is 2.14. The van der Waals surface area contributed by atoms with Gasteiger partial charge in [0.05, 0.1) is 6.54 Å². The summed E-state index contributed by atoms with van der Waals surface area (Å²) in [5, 5.41) is 11.4. The SMILES string of the molecule is CCC(C)NCc1nnc2ncccn12. The number of aromatic nitrogens is 4. The van der Waals surface area contributed by atoms with Crippen molar-refractivity contribution in [1.29, 1.82) is 0 Å².